The molecular formula is C14H11Cl3N2O3. The molecule has 1 aliphatic rings. The molecular weight excluding hydrogens is 351 g/mol. The second kappa shape index (κ2) is 5.41. The molecule has 1 aromatic carbocycles. The summed E-state index contributed by atoms with van der Waals surface area (Å²) in [6, 6.07) is 7.03. The van der Waals surface area contributed by atoms with Gasteiger partial charge in [-0.25, -0.2) is 0 Å². The molecule has 116 valence electrons. The molecule has 0 saturated heterocycles. The summed E-state index contributed by atoms with van der Waals surface area (Å²) in [6.07, 6.45) is 0.361. The quantitative estimate of drug-likeness (QED) is 0.608. The molecule has 0 bridgehead atoms. The smallest absolute Gasteiger partial charge is 0.315 e. The number of nitrogens with zero attached hydrogens (tertiary/aromatic N) is 2. The fraction of sp³-hybridized carbons (Fsp3) is 0.357. The average molecular weight is 362 g/mol. The van der Waals surface area contributed by atoms with Crippen LogP contribution in [0.3, 0.4) is 0 Å². The van der Waals surface area contributed by atoms with Crippen LogP contribution in [-0.4, -0.2) is 20.4 Å². The van der Waals surface area contributed by atoms with Gasteiger partial charge in [-0.2, -0.15) is 4.98 Å². The van der Waals surface area contributed by atoms with Crippen molar-refractivity contribution in [2.75, 3.05) is 0 Å². The van der Waals surface area contributed by atoms with Gasteiger partial charge in [0, 0.05) is 17.0 Å². The van der Waals surface area contributed by atoms with Gasteiger partial charge < -0.3 is 9.26 Å². The van der Waals surface area contributed by atoms with Crippen LogP contribution in [0.25, 0.3) is 11.4 Å². The molecule has 0 unspecified atom stereocenters. The highest BCUT2D eigenvalue weighted by molar-refractivity contribution is 6.53. The molecule has 2 aromatic rings. The third-order valence-electron chi connectivity index (χ3n) is 3.59. The molecule has 8 heteroatoms. The number of ether oxygens (including phenoxy) is 1. The average Bonchev–Trinajstić information content (AvgIpc) is 2.84. The van der Waals surface area contributed by atoms with Gasteiger partial charge >= 0.3 is 5.97 Å². The van der Waals surface area contributed by atoms with Crippen LogP contribution in [-0.2, 0) is 16.1 Å². The Kier molecular flexibility index (Phi) is 3.83. The number of hydrogen-bond donors (Lipinski definition) is 0. The summed E-state index contributed by atoms with van der Waals surface area (Å²) in [7, 11) is 0. The lowest BCUT2D eigenvalue weighted by molar-refractivity contribution is -0.151. The first kappa shape index (κ1) is 15.6. The number of rotatable bonds is 4. The van der Waals surface area contributed by atoms with E-state index in [4.69, 9.17) is 44.1 Å². The topological polar surface area (TPSA) is 65.2 Å². The number of halogens is 3. The van der Waals surface area contributed by atoms with E-state index in [0.717, 1.165) is 0 Å². The van der Waals surface area contributed by atoms with Gasteiger partial charge in [-0.05, 0) is 19.1 Å². The third kappa shape index (κ3) is 2.81. The number of carbonyl (C=O) groups excluding carboxylic acids is 1. The summed E-state index contributed by atoms with van der Waals surface area (Å²) < 4.78 is 9.12. The maximum Gasteiger partial charge on any atom is 0.315 e. The van der Waals surface area contributed by atoms with Crippen LogP contribution in [0.4, 0.5) is 0 Å². The highest BCUT2D eigenvalue weighted by Crippen LogP contribution is 2.64. The van der Waals surface area contributed by atoms with E-state index >= 15 is 0 Å². The Morgan fingerprint density at radius 2 is 2.18 bits per heavy atom. The van der Waals surface area contributed by atoms with Gasteiger partial charge in [0.2, 0.25) is 5.82 Å². The maximum absolute atomic E-state index is 11.9. The number of benzene rings is 1. The van der Waals surface area contributed by atoms with Gasteiger partial charge in [-0.3, -0.25) is 4.79 Å². The molecule has 0 radical (unpaired) electrons. The van der Waals surface area contributed by atoms with Gasteiger partial charge in [0.15, 0.2) is 6.61 Å². The predicted octanol–water partition coefficient (Wildman–Crippen LogP) is 4.02. The van der Waals surface area contributed by atoms with Crippen molar-refractivity contribution in [3.63, 3.8) is 0 Å². The van der Waals surface area contributed by atoms with Gasteiger partial charge in [-0.1, -0.05) is 28.9 Å². The van der Waals surface area contributed by atoms with Gasteiger partial charge in [0.05, 0.1) is 0 Å². The second-order valence-electron chi connectivity index (χ2n) is 5.31. The van der Waals surface area contributed by atoms with E-state index in [2.05, 4.69) is 10.1 Å². The van der Waals surface area contributed by atoms with Crippen molar-refractivity contribution >= 4 is 40.8 Å². The van der Waals surface area contributed by atoms with Crippen molar-refractivity contribution < 1.29 is 14.1 Å². The fourth-order valence-corrected chi connectivity index (χ4v) is 2.85. The maximum atomic E-state index is 11.9. The number of aromatic nitrogens is 2. The molecule has 22 heavy (non-hydrogen) atoms. The lowest BCUT2D eigenvalue weighted by atomic mass is 10.1. The number of hydrogen-bond acceptors (Lipinski definition) is 5. The Morgan fingerprint density at radius 1 is 1.45 bits per heavy atom. The molecule has 0 amide bonds. The van der Waals surface area contributed by atoms with E-state index in [1.807, 2.05) is 0 Å². The monoisotopic (exact) mass is 360 g/mol. The number of carbonyl (C=O) groups is 1. The number of alkyl halides is 2. The van der Waals surface area contributed by atoms with E-state index in [9.17, 15) is 4.79 Å². The third-order valence-corrected chi connectivity index (χ3v) is 4.92. The molecule has 1 aliphatic carbocycles. The normalized spacial score (nSPS) is 22.4. The van der Waals surface area contributed by atoms with E-state index in [-0.39, 0.29) is 12.5 Å². The lowest BCUT2D eigenvalue weighted by Gasteiger charge is -2.09. The van der Waals surface area contributed by atoms with Crippen molar-refractivity contribution in [1.82, 2.24) is 10.1 Å². The molecule has 0 spiro atoms. The Labute approximate surface area is 141 Å². The Morgan fingerprint density at radius 3 is 2.82 bits per heavy atom. The Balaban J connectivity index is 1.65. The summed E-state index contributed by atoms with van der Waals surface area (Å²) in [5.74, 6) is 0.0672. The van der Waals surface area contributed by atoms with Crippen LogP contribution in [0.15, 0.2) is 28.8 Å². The Bertz CT molecular complexity index is 732. The first-order chi connectivity index (χ1) is 10.3. The van der Waals surface area contributed by atoms with Crippen molar-refractivity contribution in [3.05, 3.63) is 35.2 Å². The summed E-state index contributed by atoms with van der Waals surface area (Å²) >= 11 is 17.8. The van der Waals surface area contributed by atoms with Crippen molar-refractivity contribution in [2.45, 2.75) is 24.3 Å². The van der Waals surface area contributed by atoms with Crippen LogP contribution in [0.2, 0.25) is 5.02 Å². The number of esters is 1. The van der Waals surface area contributed by atoms with Gasteiger partial charge in [0.1, 0.15) is 9.75 Å². The van der Waals surface area contributed by atoms with Crippen molar-refractivity contribution in [3.8, 4) is 11.4 Å². The summed E-state index contributed by atoms with van der Waals surface area (Å²) in [5.41, 5.74) is -0.171. The minimum Gasteiger partial charge on any atom is -0.455 e. The highest BCUT2D eigenvalue weighted by atomic mass is 35.5. The first-order valence-electron chi connectivity index (χ1n) is 6.45. The summed E-state index contributed by atoms with van der Waals surface area (Å²) in [4.78, 5) is 16.1. The molecule has 1 saturated carbocycles. The lowest BCUT2D eigenvalue weighted by Crippen LogP contribution is -2.21. The molecule has 5 nitrogen and oxygen atoms in total. The molecule has 1 atom stereocenters. The second-order valence-corrected chi connectivity index (χ2v) is 7.23. The molecule has 0 aliphatic heterocycles. The van der Waals surface area contributed by atoms with Crippen LogP contribution < -0.4 is 0 Å². The molecule has 0 N–H and O–H groups in total. The summed E-state index contributed by atoms with van der Waals surface area (Å²) in [5, 5.41) is 4.39. The standard InChI is InChI=1S/C14H11Cl3N2O3/c1-13(7-14(13,16)17)12(20)21-6-10-18-11(19-22-10)8-3-2-4-9(15)5-8/h2-5H,6-7H2,1H3/t13-/m0/s1. The summed E-state index contributed by atoms with van der Waals surface area (Å²) in [6.45, 7) is 1.52. The van der Waals surface area contributed by atoms with Crippen molar-refractivity contribution in [1.29, 1.82) is 0 Å². The van der Waals surface area contributed by atoms with E-state index in [0.29, 0.717) is 22.8 Å². The van der Waals surface area contributed by atoms with E-state index in [1.54, 1.807) is 31.2 Å². The molecule has 1 fully saturated rings. The van der Waals surface area contributed by atoms with Gasteiger partial charge in [0.25, 0.3) is 5.89 Å². The van der Waals surface area contributed by atoms with Crippen LogP contribution >= 0.6 is 34.8 Å². The first-order valence-corrected chi connectivity index (χ1v) is 7.59. The minimum atomic E-state index is -1.06. The Hall–Kier alpha value is -1.30. The predicted molar refractivity (Wildman–Crippen MR) is 81.7 cm³/mol. The molecule has 1 aromatic heterocycles. The van der Waals surface area contributed by atoms with Crippen molar-refractivity contribution in [2.24, 2.45) is 5.41 Å². The SMILES string of the molecule is C[C@@]1(C(=O)OCc2nc(-c3cccc(Cl)c3)no2)CC1(Cl)Cl. The van der Waals surface area contributed by atoms with E-state index in [1.165, 1.54) is 0 Å². The zero-order valence-corrected chi connectivity index (χ0v) is 13.7. The van der Waals surface area contributed by atoms with Crippen LogP contribution in [0.1, 0.15) is 19.2 Å². The van der Waals surface area contributed by atoms with Crippen LogP contribution in [0.5, 0.6) is 0 Å². The molecule has 3 rings (SSSR count). The fourth-order valence-electron chi connectivity index (χ4n) is 1.97. The zero-order valence-electron chi connectivity index (χ0n) is 11.5. The highest BCUT2D eigenvalue weighted by Gasteiger charge is 2.69. The zero-order chi connectivity index (χ0) is 16.0. The van der Waals surface area contributed by atoms with E-state index < -0.39 is 15.7 Å². The van der Waals surface area contributed by atoms with Gasteiger partial charge in [-0.15, -0.1) is 23.2 Å². The minimum absolute atomic E-state index is 0.133. The molecule has 1 heterocycles. The largest absolute Gasteiger partial charge is 0.455 e. The van der Waals surface area contributed by atoms with Crippen LogP contribution in [0, 0.1) is 5.41 Å².